The maximum absolute atomic E-state index is 12.7. The average Bonchev–Trinajstić information content (AvgIpc) is 3.22. The lowest BCUT2D eigenvalue weighted by Gasteiger charge is -2.17. The number of aromatic nitrogens is 3. The number of pyridine rings is 1. The van der Waals surface area contributed by atoms with E-state index in [1.165, 1.54) is 11.3 Å². The summed E-state index contributed by atoms with van der Waals surface area (Å²) in [6.07, 6.45) is 2.03. The fourth-order valence-corrected chi connectivity index (χ4v) is 3.76. The molecule has 138 valence electrons. The van der Waals surface area contributed by atoms with Crippen LogP contribution in [-0.2, 0) is 4.79 Å². The first-order valence-corrected chi connectivity index (χ1v) is 9.76. The van der Waals surface area contributed by atoms with E-state index in [1.807, 2.05) is 54.6 Å². The molecule has 6 heteroatoms. The van der Waals surface area contributed by atoms with Crippen LogP contribution in [0.1, 0.15) is 23.5 Å². The molecule has 0 aliphatic heterocycles. The Kier molecular flexibility index (Phi) is 5.49. The van der Waals surface area contributed by atoms with Crippen molar-refractivity contribution in [2.24, 2.45) is 0 Å². The molecule has 2 aromatic heterocycles. The summed E-state index contributed by atoms with van der Waals surface area (Å²) >= 11 is 1.32. The van der Waals surface area contributed by atoms with Gasteiger partial charge in [0.15, 0.2) is 5.01 Å². The van der Waals surface area contributed by atoms with Crippen LogP contribution in [0.2, 0.25) is 0 Å². The van der Waals surface area contributed by atoms with Crippen LogP contribution in [-0.4, -0.2) is 21.1 Å². The molecule has 2 aromatic carbocycles. The molecule has 0 radical (unpaired) electrons. The topological polar surface area (TPSA) is 67.8 Å². The Balaban J connectivity index is 1.50. The Morgan fingerprint density at radius 1 is 0.857 bits per heavy atom. The highest BCUT2D eigenvalue weighted by Crippen LogP contribution is 2.29. The molecule has 0 saturated carbocycles. The van der Waals surface area contributed by atoms with E-state index >= 15 is 0 Å². The van der Waals surface area contributed by atoms with Crippen molar-refractivity contribution in [3.63, 3.8) is 0 Å². The van der Waals surface area contributed by atoms with E-state index in [9.17, 15) is 4.79 Å². The first-order chi connectivity index (χ1) is 13.8. The molecule has 5 nitrogen and oxygen atoms in total. The third kappa shape index (κ3) is 4.29. The van der Waals surface area contributed by atoms with Crippen molar-refractivity contribution in [3.05, 3.63) is 96.2 Å². The lowest BCUT2D eigenvalue weighted by molar-refractivity contribution is -0.116. The summed E-state index contributed by atoms with van der Waals surface area (Å²) in [7, 11) is 0. The van der Waals surface area contributed by atoms with Gasteiger partial charge in [0.25, 0.3) is 0 Å². The minimum absolute atomic E-state index is 0.0226. The van der Waals surface area contributed by atoms with E-state index < -0.39 is 0 Å². The van der Waals surface area contributed by atoms with Gasteiger partial charge in [0.05, 0.1) is 0 Å². The number of hydrogen-bond donors (Lipinski definition) is 1. The van der Waals surface area contributed by atoms with Crippen molar-refractivity contribution >= 4 is 22.4 Å². The normalized spacial score (nSPS) is 10.8. The van der Waals surface area contributed by atoms with E-state index in [2.05, 4.69) is 44.8 Å². The monoisotopic (exact) mass is 386 g/mol. The van der Waals surface area contributed by atoms with Crippen molar-refractivity contribution in [3.8, 4) is 10.7 Å². The minimum atomic E-state index is -0.0959. The predicted octanol–water partition coefficient (Wildman–Crippen LogP) is 4.76. The van der Waals surface area contributed by atoms with Gasteiger partial charge in [-0.2, -0.15) is 0 Å². The van der Waals surface area contributed by atoms with Gasteiger partial charge in [0.2, 0.25) is 11.0 Å². The number of nitrogens with zero attached hydrogens (tertiary/aromatic N) is 3. The molecule has 4 aromatic rings. The van der Waals surface area contributed by atoms with Crippen LogP contribution in [0, 0.1) is 0 Å². The lowest BCUT2D eigenvalue weighted by atomic mass is 9.88. The Hall–Kier alpha value is -3.38. The van der Waals surface area contributed by atoms with Crippen molar-refractivity contribution < 1.29 is 4.79 Å². The SMILES string of the molecule is O=C(CC(c1ccccc1)c1ccccc1)Nc1nnc(-c2ccccn2)s1. The highest BCUT2D eigenvalue weighted by molar-refractivity contribution is 7.18. The van der Waals surface area contributed by atoms with Gasteiger partial charge in [0, 0.05) is 18.5 Å². The first-order valence-electron chi connectivity index (χ1n) is 8.94. The second-order valence-electron chi connectivity index (χ2n) is 6.25. The second kappa shape index (κ2) is 8.54. The van der Waals surface area contributed by atoms with Gasteiger partial charge in [0.1, 0.15) is 5.69 Å². The van der Waals surface area contributed by atoms with E-state index in [-0.39, 0.29) is 11.8 Å². The van der Waals surface area contributed by atoms with Gasteiger partial charge < -0.3 is 5.32 Å². The van der Waals surface area contributed by atoms with E-state index in [1.54, 1.807) is 6.20 Å². The van der Waals surface area contributed by atoms with Crippen LogP contribution in [0.25, 0.3) is 10.7 Å². The lowest BCUT2D eigenvalue weighted by Crippen LogP contribution is -2.16. The second-order valence-corrected chi connectivity index (χ2v) is 7.23. The summed E-state index contributed by atoms with van der Waals surface area (Å²) in [4.78, 5) is 17.0. The van der Waals surface area contributed by atoms with Gasteiger partial charge in [-0.15, -0.1) is 10.2 Å². The number of hydrogen-bond acceptors (Lipinski definition) is 5. The summed E-state index contributed by atoms with van der Waals surface area (Å²) in [5.74, 6) is -0.119. The molecule has 0 atom stereocenters. The number of anilines is 1. The predicted molar refractivity (Wildman–Crippen MR) is 111 cm³/mol. The Bertz CT molecular complexity index is 996. The number of benzene rings is 2. The summed E-state index contributed by atoms with van der Waals surface area (Å²) in [6.45, 7) is 0. The first kappa shape index (κ1) is 18.0. The fraction of sp³-hybridized carbons (Fsp3) is 0.0909. The number of nitrogens with one attached hydrogen (secondary N) is 1. The van der Waals surface area contributed by atoms with Crippen LogP contribution >= 0.6 is 11.3 Å². The Labute approximate surface area is 167 Å². The maximum Gasteiger partial charge on any atom is 0.227 e. The van der Waals surface area contributed by atoms with Gasteiger partial charge in [-0.05, 0) is 23.3 Å². The Morgan fingerprint density at radius 2 is 1.50 bits per heavy atom. The molecule has 0 aliphatic carbocycles. The molecule has 1 N–H and O–H groups in total. The van der Waals surface area contributed by atoms with Crippen molar-refractivity contribution in [1.29, 1.82) is 0 Å². The summed E-state index contributed by atoms with van der Waals surface area (Å²) < 4.78 is 0. The zero-order chi connectivity index (χ0) is 19.2. The molecule has 0 unspecified atom stereocenters. The van der Waals surface area contributed by atoms with Crippen LogP contribution in [0.4, 0.5) is 5.13 Å². The molecule has 4 rings (SSSR count). The fourth-order valence-electron chi connectivity index (χ4n) is 3.02. The summed E-state index contributed by atoms with van der Waals surface area (Å²) in [5, 5.41) is 12.2. The molecular formula is C22H18N4OS. The highest BCUT2D eigenvalue weighted by Gasteiger charge is 2.19. The molecule has 0 aliphatic rings. The number of amides is 1. The van der Waals surface area contributed by atoms with E-state index in [0.717, 1.165) is 16.8 Å². The van der Waals surface area contributed by atoms with E-state index in [0.29, 0.717) is 16.6 Å². The molecule has 1 amide bonds. The van der Waals surface area contributed by atoms with Gasteiger partial charge in [-0.3, -0.25) is 9.78 Å². The molecule has 0 spiro atoms. The smallest absolute Gasteiger partial charge is 0.227 e. The zero-order valence-corrected chi connectivity index (χ0v) is 15.8. The van der Waals surface area contributed by atoms with Crippen LogP contribution < -0.4 is 5.32 Å². The zero-order valence-electron chi connectivity index (χ0n) is 15.0. The Morgan fingerprint density at radius 3 is 2.11 bits per heavy atom. The van der Waals surface area contributed by atoms with E-state index in [4.69, 9.17) is 0 Å². The number of carbonyl (C=O) groups is 1. The quantitative estimate of drug-likeness (QED) is 0.519. The summed E-state index contributed by atoms with van der Waals surface area (Å²) in [5.41, 5.74) is 2.96. The third-order valence-corrected chi connectivity index (χ3v) is 5.21. The minimum Gasteiger partial charge on any atom is -0.300 e. The standard InChI is InChI=1S/C22H18N4OS/c27-20(24-22-26-25-21(28-22)19-13-7-8-14-23-19)15-18(16-9-3-1-4-10-16)17-11-5-2-6-12-17/h1-14,18H,15H2,(H,24,26,27). The van der Waals surface area contributed by atoms with Crippen molar-refractivity contribution in [2.75, 3.05) is 5.32 Å². The van der Waals surface area contributed by atoms with Crippen LogP contribution in [0.3, 0.4) is 0 Å². The van der Waals surface area contributed by atoms with Crippen LogP contribution in [0.5, 0.6) is 0 Å². The van der Waals surface area contributed by atoms with Crippen molar-refractivity contribution in [2.45, 2.75) is 12.3 Å². The van der Waals surface area contributed by atoms with Gasteiger partial charge in [-0.25, -0.2) is 0 Å². The molecular weight excluding hydrogens is 368 g/mol. The average molecular weight is 386 g/mol. The molecule has 0 bridgehead atoms. The molecule has 0 fully saturated rings. The maximum atomic E-state index is 12.7. The largest absolute Gasteiger partial charge is 0.300 e. The highest BCUT2D eigenvalue weighted by atomic mass is 32.1. The van der Waals surface area contributed by atoms with Crippen LogP contribution in [0.15, 0.2) is 85.1 Å². The van der Waals surface area contributed by atoms with Gasteiger partial charge >= 0.3 is 0 Å². The molecule has 28 heavy (non-hydrogen) atoms. The van der Waals surface area contributed by atoms with Crippen molar-refractivity contribution in [1.82, 2.24) is 15.2 Å². The number of carbonyl (C=O) groups excluding carboxylic acids is 1. The molecule has 2 heterocycles. The summed E-state index contributed by atoms with van der Waals surface area (Å²) in [6, 6.07) is 25.7. The third-order valence-electron chi connectivity index (χ3n) is 4.35. The number of rotatable bonds is 6. The van der Waals surface area contributed by atoms with Gasteiger partial charge in [-0.1, -0.05) is 78.1 Å². The molecule has 0 saturated heterocycles.